The zero-order valence-electron chi connectivity index (χ0n) is 14.8. The zero-order valence-corrected chi connectivity index (χ0v) is 15.6. The van der Waals surface area contributed by atoms with Gasteiger partial charge >= 0.3 is 0 Å². The third kappa shape index (κ3) is 3.14. The number of benzene rings is 2. The minimum absolute atomic E-state index is 0.0321. The Morgan fingerprint density at radius 1 is 1.20 bits per heavy atom. The molecule has 2 aromatic rings. The summed E-state index contributed by atoms with van der Waals surface area (Å²) < 4.78 is 28.2. The summed E-state index contributed by atoms with van der Waals surface area (Å²) in [6.45, 7) is 7.32. The van der Waals surface area contributed by atoms with Crippen LogP contribution in [0.4, 0.5) is 11.4 Å². The molecule has 0 unspecified atom stereocenters. The quantitative estimate of drug-likeness (QED) is 0.914. The number of fused-ring (bicyclic) bond motifs is 1. The van der Waals surface area contributed by atoms with Gasteiger partial charge in [0, 0.05) is 18.7 Å². The van der Waals surface area contributed by atoms with Gasteiger partial charge < -0.3 is 4.90 Å². The van der Waals surface area contributed by atoms with Crippen molar-refractivity contribution in [2.75, 3.05) is 9.62 Å². The van der Waals surface area contributed by atoms with Gasteiger partial charge in [-0.15, -0.1) is 0 Å². The maximum atomic E-state index is 12.8. The Balaban J connectivity index is 1.96. The molecule has 1 N–H and O–H groups in total. The van der Waals surface area contributed by atoms with Crippen molar-refractivity contribution in [1.82, 2.24) is 0 Å². The predicted octanol–water partition coefficient (Wildman–Crippen LogP) is 3.40. The van der Waals surface area contributed by atoms with Crippen molar-refractivity contribution in [3.63, 3.8) is 0 Å². The van der Waals surface area contributed by atoms with E-state index < -0.39 is 10.0 Å². The van der Waals surface area contributed by atoms with Gasteiger partial charge in [-0.3, -0.25) is 9.52 Å². The first-order chi connectivity index (χ1) is 11.7. The van der Waals surface area contributed by atoms with Crippen LogP contribution in [0.25, 0.3) is 0 Å². The second-order valence-electron chi connectivity index (χ2n) is 6.59. The predicted molar refractivity (Wildman–Crippen MR) is 99.5 cm³/mol. The van der Waals surface area contributed by atoms with Crippen molar-refractivity contribution in [2.24, 2.45) is 0 Å². The molecule has 6 heteroatoms. The van der Waals surface area contributed by atoms with Crippen LogP contribution in [-0.2, 0) is 21.2 Å². The number of aryl methyl sites for hydroxylation is 1. The first kappa shape index (κ1) is 17.5. The van der Waals surface area contributed by atoms with Crippen LogP contribution in [0, 0.1) is 13.8 Å². The van der Waals surface area contributed by atoms with E-state index in [1.165, 1.54) is 6.92 Å². The molecule has 1 heterocycles. The van der Waals surface area contributed by atoms with Crippen LogP contribution in [0.5, 0.6) is 0 Å². The minimum atomic E-state index is -3.68. The third-order valence-corrected chi connectivity index (χ3v) is 6.13. The fraction of sp³-hybridized carbons (Fsp3) is 0.316. The van der Waals surface area contributed by atoms with Crippen molar-refractivity contribution in [2.45, 2.75) is 45.1 Å². The molecule has 0 spiro atoms. The SMILES string of the molecule is CC(=O)N1c2ccc(S(=O)(=O)Nc3cccc(C)c3C)cc2C[C@@H]1C. The summed E-state index contributed by atoms with van der Waals surface area (Å²) >= 11 is 0. The lowest BCUT2D eigenvalue weighted by molar-refractivity contribution is -0.116. The van der Waals surface area contributed by atoms with Crippen LogP contribution < -0.4 is 9.62 Å². The normalized spacial score (nSPS) is 16.6. The summed E-state index contributed by atoms with van der Waals surface area (Å²) in [5.41, 5.74) is 4.19. The highest BCUT2D eigenvalue weighted by Gasteiger charge is 2.30. The summed E-state index contributed by atoms with van der Waals surface area (Å²) in [5.74, 6) is -0.0321. The lowest BCUT2D eigenvalue weighted by Gasteiger charge is -2.20. The number of hydrogen-bond acceptors (Lipinski definition) is 3. The third-order valence-electron chi connectivity index (χ3n) is 4.77. The molecule has 0 saturated heterocycles. The number of sulfonamides is 1. The fourth-order valence-corrected chi connectivity index (χ4v) is 4.49. The number of carbonyl (C=O) groups is 1. The second-order valence-corrected chi connectivity index (χ2v) is 8.27. The number of nitrogens with one attached hydrogen (secondary N) is 1. The van der Waals surface area contributed by atoms with E-state index in [0.717, 1.165) is 22.4 Å². The largest absolute Gasteiger partial charge is 0.309 e. The molecule has 132 valence electrons. The fourth-order valence-electron chi connectivity index (χ4n) is 3.32. The molecular formula is C19H22N2O3S. The molecule has 0 aliphatic carbocycles. The molecule has 3 rings (SSSR count). The van der Waals surface area contributed by atoms with Gasteiger partial charge in [0.1, 0.15) is 0 Å². The molecule has 0 bridgehead atoms. The standard InChI is InChI=1S/C19H22N2O3S/c1-12-6-5-7-18(14(12)3)20-25(23,24)17-8-9-19-16(11-17)10-13(2)21(19)15(4)22/h5-9,11,13,20H,10H2,1-4H3/t13-/m0/s1. The summed E-state index contributed by atoms with van der Waals surface area (Å²) in [7, 11) is -3.68. The van der Waals surface area contributed by atoms with E-state index in [1.807, 2.05) is 32.9 Å². The van der Waals surface area contributed by atoms with Crippen LogP contribution in [-0.4, -0.2) is 20.4 Å². The van der Waals surface area contributed by atoms with Crippen LogP contribution in [0.15, 0.2) is 41.3 Å². The summed E-state index contributed by atoms with van der Waals surface area (Å²) in [6.07, 6.45) is 0.655. The molecular weight excluding hydrogens is 336 g/mol. The van der Waals surface area contributed by atoms with Crippen molar-refractivity contribution >= 4 is 27.3 Å². The number of nitrogens with zero attached hydrogens (tertiary/aromatic N) is 1. The number of carbonyl (C=O) groups excluding carboxylic acids is 1. The van der Waals surface area contributed by atoms with Gasteiger partial charge in [0.25, 0.3) is 10.0 Å². The molecule has 1 atom stereocenters. The highest BCUT2D eigenvalue weighted by Crippen LogP contribution is 2.34. The highest BCUT2D eigenvalue weighted by atomic mass is 32.2. The number of rotatable bonds is 3. The van der Waals surface area contributed by atoms with Gasteiger partial charge in [-0.25, -0.2) is 8.42 Å². The Morgan fingerprint density at radius 2 is 1.92 bits per heavy atom. The molecule has 1 aliphatic rings. The smallest absolute Gasteiger partial charge is 0.261 e. The zero-order chi connectivity index (χ0) is 18.4. The van der Waals surface area contributed by atoms with E-state index in [1.54, 1.807) is 29.2 Å². The molecule has 5 nitrogen and oxygen atoms in total. The average Bonchev–Trinajstić information content (AvgIpc) is 2.86. The first-order valence-electron chi connectivity index (χ1n) is 8.22. The van der Waals surface area contributed by atoms with Gasteiger partial charge in [0.2, 0.25) is 5.91 Å². The number of anilines is 2. The molecule has 0 saturated carbocycles. The highest BCUT2D eigenvalue weighted by molar-refractivity contribution is 7.92. The monoisotopic (exact) mass is 358 g/mol. The molecule has 25 heavy (non-hydrogen) atoms. The number of amides is 1. The minimum Gasteiger partial charge on any atom is -0.309 e. The first-order valence-corrected chi connectivity index (χ1v) is 9.71. The number of hydrogen-bond donors (Lipinski definition) is 1. The Bertz CT molecular complexity index is 951. The van der Waals surface area contributed by atoms with Gasteiger partial charge in [-0.2, -0.15) is 0 Å². The molecule has 0 aromatic heterocycles. The molecule has 1 amide bonds. The van der Waals surface area contributed by atoms with Gasteiger partial charge in [0.15, 0.2) is 0 Å². The van der Waals surface area contributed by atoms with Crippen LogP contribution in [0.2, 0.25) is 0 Å². The molecule has 0 fully saturated rings. The Morgan fingerprint density at radius 3 is 2.60 bits per heavy atom. The van der Waals surface area contributed by atoms with Crippen molar-refractivity contribution in [1.29, 1.82) is 0 Å². The summed E-state index contributed by atoms with van der Waals surface area (Å²) in [5, 5.41) is 0. The lowest BCUT2D eigenvalue weighted by atomic mass is 10.1. The van der Waals surface area contributed by atoms with Crippen LogP contribution in [0.3, 0.4) is 0 Å². The van der Waals surface area contributed by atoms with E-state index in [4.69, 9.17) is 0 Å². The van der Waals surface area contributed by atoms with Gasteiger partial charge in [0.05, 0.1) is 10.6 Å². The summed E-state index contributed by atoms with van der Waals surface area (Å²) in [6, 6.07) is 10.5. The molecule has 1 aliphatic heterocycles. The van der Waals surface area contributed by atoms with E-state index in [9.17, 15) is 13.2 Å². The average molecular weight is 358 g/mol. The van der Waals surface area contributed by atoms with E-state index in [0.29, 0.717) is 12.1 Å². The second kappa shape index (κ2) is 6.19. The van der Waals surface area contributed by atoms with Crippen molar-refractivity contribution in [3.05, 3.63) is 53.1 Å². The van der Waals surface area contributed by atoms with E-state index in [2.05, 4.69) is 4.72 Å². The van der Waals surface area contributed by atoms with Crippen LogP contribution >= 0.6 is 0 Å². The van der Waals surface area contributed by atoms with Crippen LogP contribution in [0.1, 0.15) is 30.5 Å². The van der Waals surface area contributed by atoms with E-state index in [-0.39, 0.29) is 16.8 Å². The van der Waals surface area contributed by atoms with Crippen molar-refractivity contribution in [3.8, 4) is 0 Å². The summed E-state index contributed by atoms with van der Waals surface area (Å²) in [4.78, 5) is 13.7. The maximum Gasteiger partial charge on any atom is 0.261 e. The Kier molecular flexibility index (Phi) is 4.33. The molecule has 2 aromatic carbocycles. The van der Waals surface area contributed by atoms with Crippen molar-refractivity contribution < 1.29 is 13.2 Å². The van der Waals surface area contributed by atoms with E-state index >= 15 is 0 Å². The maximum absolute atomic E-state index is 12.8. The lowest BCUT2D eigenvalue weighted by Crippen LogP contribution is -2.33. The topological polar surface area (TPSA) is 66.5 Å². The van der Waals surface area contributed by atoms with Gasteiger partial charge in [-0.05, 0) is 68.1 Å². The molecule has 0 radical (unpaired) electrons. The van der Waals surface area contributed by atoms with Gasteiger partial charge in [-0.1, -0.05) is 12.1 Å². The Hall–Kier alpha value is -2.34. The Labute approximate surface area is 148 Å².